The lowest BCUT2D eigenvalue weighted by molar-refractivity contribution is -0.00346. The number of aryl methyl sites for hydroxylation is 1. The summed E-state index contributed by atoms with van der Waals surface area (Å²) in [4.78, 5) is 24.7. The molecule has 5 rings (SSSR count). The second-order valence-electron chi connectivity index (χ2n) is 7.63. The number of hydrogen-bond donors (Lipinski definition) is 3. The molecule has 33 heavy (non-hydrogen) atoms. The number of ether oxygens (including phenoxy) is 3. The number of carbonyl (C=O) groups is 1. The van der Waals surface area contributed by atoms with E-state index in [1.54, 1.807) is 36.2 Å². The lowest BCUT2D eigenvalue weighted by Crippen LogP contribution is -2.48. The molecule has 0 bridgehead atoms. The summed E-state index contributed by atoms with van der Waals surface area (Å²) in [5.74, 6) is 1.04. The number of H-pyrrole nitrogens is 1. The van der Waals surface area contributed by atoms with Crippen LogP contribution in [0.2, 0.25) is 0 Å². The third-order valence-electron chi connectivity index (χ3n) is 5.39. The number of carbonyl (C=O) groups excluding carboxylic acids is 1. The number of nitrogens with one attached hydrogen (secondary N) is 3. The third-order valence-corrected chi connectivity index (χ3v) is 5.39. The van der Waals surface area contributed by atoms with Gasteiger partial charge in [-0.2, -0.15) is 15.1 Å². The van der Waals surface area contributed by atoms with Gasteiger partial charge < -0.3 is 29.8 Å². The monoisotopic (exact) mass is 449 g/mol. The van der Waals surface area contributed by atoms with Gasteiger partial charge in [0.05, 0.1) is 50.7 Å². The van der Waals surface area contributed by atoms with Crippen LogP contribution in [0.4, 0.5) is 11.6 Å². The highest BCUT2D eigenvalue weighted by molar-refractivity contribution is 5.98. The number of fused-ring (bicyclic) bond motifs is 1. The molecule has 0 unspecified atom stereocenters. The average molecular weight is 449 g/mol. The van der Waals surface area contributed by atoms with Gasteiger partial charge in [-0.3, -0.25) is 9.48 Å². The fourth-order valence-electron chi connectivity index (χ4n) is 3.64. The zero-order valence-electron chi connectivity index (χ0n) is 18.4. The lowest BCUT2D eigenvalue weighted by atomic mass is 10.1. The molecule has 0 spiro atoms. The Kier molecular flexibility index (Phi) is 5.31. The number of aromatic nitrogens is 5. The van der Waals surface area contributed by atoms with Crippen molar-refractivity contribution in [2.24, 2.45) is 7.05 Å². The summed E-state index contributed by atoms with van der Waals surface area (Å²) in [5, 5.41) is 11.1. The van der Waals surface area contributed by atoms with Crippen molar-refractivity contribution in [1.82, 2.24) is 30.0 Å². The van der Waals surface area contributed by atoms with E-state index in [4.69, 9.17) is 14.2 Å². The fraction of sp³-hybridized carbons (Fsp3) is 0.273. The van der Waals surface area contributed by atoms with E-state index in [9.17, 15) is 4.79 Å². The lowest BCUT2D eigenvalue weighted by Gasteiger charge is -2.26. The molecule has 1 saturated heterocycles. The van der Waals surface area contributed by atoms with Crippen molar-refractivity contribution in [3.63, 3.8) is 0 Å². The minimum atomic E-state index is -0.179. The average Bonchev–Trinajstić information content (AvgIpc) is 3.41. The molecule has 170 valence electrons. The Hall–Kier alpha value is -4.12. The van der Waals surface area contributed by atoms with Crippen molar-refractivity contribution in [1.29, 1.82) is 0 Å². The van der Waals surface area contributed by atoms with Gasteiger partial charge in [0.1, 0.15) is 11.4 Å². The van der Waals surface area contributed by atoms with E-state index in [2.05, 4.69) is 30.7 Å². The van der Waals surface area contributed by atoms with Crippen LogP contribution in [0, 0.1) is 0 Å². The Balaban J connectivity index is 1.44. The molecule has 11 heteroatoms. The highest BCUT2D eigenvalue weighted by Gasteiger charge is 2.22. The van der Waals surface area contributed by atoms with Crippen molar-refractivity contribution in [3.05, 3.63) is 42.4 Å². The maximum atomic E-state index is 12.4. The molecule has 11 nitrogen and oxygen atoms in total. The summed E-state index contributed by atoms with van der Waals surface area (Å²) in [6.07, 6.45) is 5.54. The highest BCUT2D eigenvalue weighted by atomic mass is 16.5. The molecule has 0 aliphatic carbocycles. The summed E-state index contributed by atoms with van der Waals surface area (Å²) < 4.78 is 17.9. The standard InChI is InChI=1S/C22H23N7O4/c1-29-9-13(7-24-29)15-8-23-19-18(15)21(32-3)28-22(27-19)26-16-5-4-12(6-17(16)31-2)20(30)25-14-10-33-11-14/h4-9,14H,10-11H2,1-3H3,(H,25,30)(H2,23,26,27,28). The number of rotatable bonds is 7. The van der Waals surface area contributed by atoms with Gasteiger partial charge in [0.15, 0.2) is 0 Å². The van der Waals surface area contributed by atoms with Gasteiger partial charge in [-0.1, -0.05) is 0 Å². The first-order chi connectivity index (χ1) is 16.1. The molecule has 1 aromatic carbocycles. The van der Waals surface area contributed by atoms with E-state index in [0.29, 0.717) is 47.7 Å². The molecule has 1 aliphatic rings. The molecular formula is C22H23N7O4. The molecule has 1 aliphatic heterocycles. The smallest absolute Gasteiger partial charge is 0.251 e. The minimum Gasteiger partial charge on any atom is -0.495 e. The van der Waals surface area contributed by atoms with Crippen molar-refractivity contribution in [3.8, 4) is 22.8 Å². The maximum absolute atomic E-state index is 12.4. The van der Waals surface area contributed by atoms with Gasteiger partial charge >= 0.3 is 0 Å². The predicted molar refractivity (Wildman–Crippen MR) is 121 cm³/mol. The number of anilines is 2. The van der Waals surface area contributed by atoms with Crippen LogP contribution in [0.3, 0.4) is 0 Å². The quantitative estimate of drug-likeness (QED) is 0.392. The van der Waals surface area contributed by atoms with E-state index >= 15 is 0 Å². The number of methoxy groups -OCH3 is 2. The first-order valence-electron chi connectivity index (χ1n) is 10.3. The molecule has 1 fully saturated rings. The van der Waals surface area contributed by atoms with Crippen LogP contribution in [0.5, 0.6) is 11.6 Å². The molecule has 3 aromatic heterocycles. The molecule has 0 saturated carbocycles. The Labute approximate surface area is 189 Å². The van der Waals surface area contributed by atoms with Crippen molar-refractivity contribution < 1.29 is 19.0 Å². The van der Waals surface area contributed by atoms with E-state index in [-0.39, 0.29) is 11.9 Å². The third kappa shape index (κ3) is 3.94. The highest BCUT2D eigenvalue weighted by Crippen LogP contribution is 2.35. The Morgan fingerprint density at radius 3 is 2.76 bits per heavy atom. The summed E-state index contributed by atoms with van der Waals surface area (Å²) in [7, 11) is 4.96. The second-order valence-corrected chi connectivity index (χ2v) is 7.63. The molecule has 0 radical (unpaired) electrons. The minimum absolute atomic E-state index is 0.0474. The molecule has 4 aromatic rings. The van der Waals surface area contributed by atoms with E-state index < -0.39 is 0 Å². The topological polar surface area (TPSA) is 128 Å². The van der Waals surface area contributed by atoms with Crippen LogP contribution in [-0.2, 0) is 11.8 Å². The summed E-state index contributed by atoms with van der Waals surface area (Å²) in [6.45, 7) is 1.07. The van der Waals surface area contributed by atoms with E-state index in [1.807, 2.05) is 19.4 Å². The summed E-state index contributed by atoms with van der Waals surface area (Å²) >= 11 is 0. The van der Waals surface area contributed by atoms with Crippen molar-refractivity contribution in [2.75, 3.05) is 32.8 Å². The number of hydrogen-bond acceptors (Lipinski definition) is 8. The second kappa shape index (κ2) is 8.43. The molecule has 4 heterocycles. The van der Waals surface area contributed by atoms with Gasteiger partial charge in [0, 0.05) is 36.1 Å². The largest absolute Gasteiger partial charge is 0.495 e. The molecule has 0 atom stereocenters. The van der Waals surface area contributed by atoms with Gasteiger partial charge in [0.2, 0.25) is 11.8 Å². The Bertz CT molecular complexity index is 1330. The van der Waals surface area contributed by atoms with E-state index in [1.165, 1.54) is 7.11 Å². The maximum Gasteiger partial charge on any atom is 0.251 e. The van der Waals surface area contributed by atoms with Gasteiger partial charge in [0.25, 0.3) is 5.91 Å². The molecule has 3 N–H and O–H groups in total. The van der Waals surface area contributed by atoms with Gasteiger partial charge in [-0.15, -0.1) is 0 Å². The fourth-order valence-corrected chi connectivity index (χ4v) is 3.64. The first-order valence-corrected chi connectivity index (χ1v) is 10.3. The van der Waals surface area contributed by atoms with Crippen molar-refractivity contribution >= 4 is 28.6 Å². The van der Waals surface area contributed by atoms with E-state index in [0.717, 1.165) is 16.5 Å². The van der Waals surface area contributed by atoms with Crippen LogP contribution >= 0.6 is 0 Å². The summed E-state index contributed by atoms with van der Waals surface area (Å²) in [6, 6.07) is 5.18. The van der Waals surface area contributed by atoms with Gasteiger partial charge in [-0.05, 0) is 18.2 Å². The first kappa shape index (κ1) is 20.8. The number of benzene rings is 1. The Morgan fingerprint density at radius 2 is 2.09 bits per heavy atom. The van der Waals surface area contributed by atoms with Crippen LogP contribution in [0.15, 0.2) is 36.8 Å². The van der Waals surface area contributed by atoms with Crippen molar-refractivity contribution in [2.45, 2.75) is 6.04 Å². The molecule has 1 amide bonds. The number of amides is 1. The Morgan fingerprint density at radius 1 is 1.24 bits per heavy atom. The summed E-state index contributed by atoms with van der Waals surface area (Å²) in [5.41, 5.74) is 3.53. The predicted octanol–water partition coefficient (Wildman–Crippen LogP) is 2.25. The molecular weight excluding hydrogens is 426 g/mol. The zero-order valence-corrected chi connectivity index (χ0v) is 18.4. The van der Waals surface area contributed by atoms with Crippen LogP contribution in [0.1, 0.15) is 10.4 Å². The normalized spacial score (nSPS) is 13.5. The number of nitrogens with zero attached hydrogens (tertiary/aromatic N) is 4. The zero-order chi connectivity index (χ0) is 22.9. The van der Waals surface area contributed by atoms with Crippen LogP contribution < -0.4 is 20.1 Å². The van der Waals surface area contributed by atoms with Crippen LogP contribution in [0.25, 0.3) is 22.2 Å². The van der Waals surface area contributed by atoms with Crippen LogP contribution in [-0.4, -0.2) is 64.1 Å². The number of aromatic amines is 1. The van der Waals surface area contributed by atoms with Gasteiger partial charge in [-0.25, -0.2) is 0 Å². The SMILES string of the molecule is COc1cc(C(=O)NC2COC2)ccc1Nc1nc(OC)c2c(-c3cnn(C)c3)c[nH]c2n1.